The third kappa shape index (κ3) is 1.89. The molecule has 1 fully saturated rings. The fourth-order valence-corrected chi connectivity index (χ4v) is 2.65. The quantitative estimate of drug-likeness (QED) is 0.871. The van der Waals surface area contributed by atoms with Crippen molar-refractivity contribution in [2.75, 3.05) is 20.8 Å². The summed E-state index contributed by atoms with van der Waals surface area (Å²) in [6, 6.07) is 4.14. The molecule has 0 bridgehead atoms. The molecule has 0 heterocycles. The number of hydrogen-bond acceptors (Lipinski definition) is 3. The van der Waals surface area contributed by atoms with E-state index in [1.54, 1.807) is 14.2 Å². The Morgan fingerprint density at radius 3 is 2.24 bits per heavy atom. The van der Waals surface area contributed by atoms with E-state index in [1.165, 1.54) is 12.0 Å². The lowest BCUT2D eigenvalue weighted by atomic mass is 9.64. The first-order chi connectivity index (χ1) is 8.16. The van der Waals surface area contributed by atoms with Gasteiger partial charge in [-0.2, -0.15) is 0 Å². The zero-order valence-electron chi connectivity index (χ0n) is 10.9. The fraction of sp³-hybridized carbons (Fsp3) is 0.571. The first-order valence-electron chi connectivity index (χ1n) is 6.10. The highest BCUT2D eigenvalue weighted by Gasteiger charge is 2.39. The van der Waals surface area contributed by atoms with E-state index in [9.17, 15) is 0 Å². The maximum atomic E-state index is 5.96. The molecule has 1 aromatic carbocycles. The first kappa shape index (κ1) is 12.2. The molecule has 2 rings (SSSR count). The van der Waals surface area contributed by atoms with Crippen molar-refractivity contribution in [1.82, 2.24) is 0 Å². The van der Waals surface area contributed by atoms with E-state index in [-0.39, 0.29) is 5.41 Å². The van der Waals surface area contributed by atoms with E-state index in [1.807, 2.05) is 13.0 Å². The van der Waals surface area contributed by atoms with Crippen LogP contribution in [0.25, 0.3) is 0 Å². The van der Waals surface area contributed by atoms with E-state index < -0.39 is 0 Å². The van der Waals surface area contributed by atoms with Gasteiger partial charge in [0.1, 0.15) is 11.5 Å². The van der Waals surface area contributed by atoms with Crippen molar-refractivity contribution in [3.8, 4) is 11.5 Å². The monoisotopic (exact) mass is 235 g/mol. The van der Waals surface area contributed by atoms with Crippen LogP contribution in [0.3, 0.4) is 0 Å². The van der Waals surface area contributed by atoms with Crippen LogP contribution in [0.2, 0.25) is 0 Å². The molecule has 17 heavy (non-hydrogen) atoms. The van der Waals surface area contributed by atoms with Gasteiger partial charge in [-0.3, -0.25) is 0 Å². The lowest BCUT2D eigenvalue weighted by Gasteiger charge is -2.42. The van der Waals surface area contributed by atoms with Crippen LogP contribution in [-0.2, 0) is 5.41 Å². The maximum absolute atomic E-state index is 5.96. The van der Waals surface area contributed by atoms with Gasteiger partial charge >= 0.3 is 0 Å². The second-order valence-electron chi connectivity index (χ2n) is 4.86. The Bertz CT molecular complexity index is 405. The van der Waals surface area contributed by atoms with E-state index in [4.69, 9.17) is 15.2 Å². The SMILES string of the molecule is COc1cc(C2(CN)CCC2)c(OC)cc1C. The van der Waals surface area contributed by atoms with E-state index in [0.717, 1.165) is 29.9 Å². The third-order valence-corrected chi connectivity index (χ3v) is 3.99. The molecule has 3 nitrogen and oxygen atoms in total. The molecule has 0 aliphatic heterocycles. The Hall–Kier alpha value is -1.22. The summed E-state index contributed by atoms with van der Waals surface area (Å²) in [6.45, 7) is 2.70. The average Bonchev–Trinajstić information content (AvgIpc) is 2.29. The van der Waals surface area contributed by atoms with Gasteiger partial charge in [-0.15, -0.1) is 0 Å². The second kappa shape index (κ2) is 4.57. The van der Waals surface area contributed by atoms with Crippen molar-refractivity contribution >= 4 is 0 Å². The molecule has 0 amide bonds. The van der Waals surface area contributed by atoms with Gasteiger partial charge in [-0.25, -0.2) is 0 Å². The minimum atomic E-state index is 0.103. The van der Waals surface area contributed by atoms with Gasteiger partial charge in [0, 0.05) is 17.5 Å². The molecule has 0 radical (unpaired) electrons. The maximum Gasteiger partial charge on any atom is 0.123 e. The van der Waals surface area contributed by atoms with Crippen molar-refractivity contribution in [2.24, 2.45) is 5.73 Å². The second-order valence-corrected chi connectivity index (χ2v) is 4.86. The van der Waals surface area contributed by atoms with Crippen molar-refractivity contribution in [3.63, 3.8) is 0 Å². The lowest BCUT2D eigenvalue weighted by molar-refractivity contribution is 0.242. The summed E-state index contributed by atoms with van der Waals surface area (Å²) in [6.07, 6.45) is 3.54. The van der Waals surface area contributed by atoms with Crippen LogP contribution in [0.1, 0.15) is 30.4 Å². The van der Waals surface area contributed by atoms with Gasteiger partial charge in [0.25, 0.3) is 0 Å². The molecule has 1 aliphatic rings. The van der Waals surface area contributed by atoms with Crippen molar-refractivity contribution in [1.29, 1.82) is 0 Å². The Morgan fingerprint density at radius 1 is 1.18 bits per heavy atom. The molecule has 2 N–H and O–H groups in total. The standard InChI is InChI=1S/C14H21NO2/c1-10-7-13(17-3)11(8-12(10)16-2)14(9-15)5-4-6-14/h7-8H,4-6,9,15H2,1-3H3. The Balaban J connectivity index is 2.50. The summed E-state index contributed by atoms with van der Waals surface area (Å²) in [7, 11) is 3.42. The molecule has 1 aliphatic carbocycles. The fourth-order valence-electron chi connectivity index (χ4n) is 2.65. The molecule has 0 aromatic heterocycles. The number of benzene rings is 1. The molecule has 94 valence electrons. The Kier molecular flexibility index (Phi) is 3.29. The molecule has 0 unspecified atom stereocenters. The third-order valence-electron chi connectivity index (χ3n) is 3.99. The summed E-state index contributed by atoms with van der Waals surface area (Å²) in [5.74, 6) is 1.86. The normalized spacial score (nSPS) is 17.4. The summed E-state index contributed by atoms with van der Waals surface area (Å²) < 4.78 is 10.9. The van der Waals surface area contributed by atoms with Gasteiger partial charge in [0.2, 0.25) is 0 Å². The molecular weight excluding hydrogens is 214 g/mol. The number of methoxy groups -OCH3 is 2. The predicted octanol–water partition coefficient (Wildman–Crippen LogP) is 2.39. The predicted molar refractivity (Wildman–Crippen MR) is 68.9 cm³/mol. The largest absolute Gasteiger partial charge is 0.496 e. The summed E-state index contributed by atoms with van der Waals surface area (Å²) >= 11 is 0. The van der Waals surface area contributed by atoms with Crippen molar-refractivity contribution in [3.05, 3.63) is 23.3 Å². The number of nitrogens with two attached hydrogens (primary N) is 1. The topological polar surface area (TPSA) is 44.5 Å². The van der Waals surface area contributed by atoms with Crippen LogP contribution in [0.15, 0.2) is 12.1 Å². The van der Waals surface area contributed by atoms with Crippen LogP contribution >= 0.6 is 0 Å². The van der Waals surface area contributed by atoms with E-state index >= 15 is 0 Å². The van der Waals surface area contributed by atoms with E-state index in [2.05, 4.69) is 6.07 Å². The highest BCUT2D eigenvalue weighted by molar-refractivity contribution is 5.50. The molecule has 0 atom stereocenters. The van der Waals surface area contributed by atoms with Gasteiger partial charge in [-0.1, -0.05) is 6.42 Å². The van der Waals surface area contributed by atoms with Crippen molar-refractivity contribution < 1.29 is 9.47 Å². The summed E-state index contributed by atoms with van der Waals surface area (Å²) in [5, 5.41) is 0. The molecule has 0 spiro atoms. The number of rotatable bonds is 4. The number of hydrogen-bond donors (Lipinski definition) is 1. The van der Waals surface area contributed by atoms with Crippen LogP contribution < -0.4 is 15.2 Å². The highest BCUT2D eigenvalue weighted by atomic mass is 16.5. The Morgan fingerprint density at radius 2 is 1.82 bits per heavy atom. The number of ether oxygens (including phenoxy) is 2. The minimum absolute atomic E-state index is 0.103. The van der Waals surface area contributed by atoms with Crippen LogP contribution in [0, 0.1) is 6.92 Å². The average molecular weight is 235 g/mol. The van der Waals surface area contributed by atoms with Crippen LogP contribution in [0.4, 0.5) is 0 Å². The first-order valence-corrected chi connectivity index (χ1v) is 6.10. The molecule has 0 saturated heterocycles. The zero-order chi connectivity index (χ0) is 12.5. The molecule has 1 saturated carbocycles. The van der Waals surface area contributed by atoms with E-state index in [0.29, 0.717) is 6.54 Å². The van der Waals surface area contributed by atoms with Gasteiger partial charge in [0.15, 0.2) is 0 Å². The Labute approximate surface area is 103 Å². The molecule has 1 aromatic rings. The van der Waals surface area contributed by atoms with Gasteiger partial charge in [0.05, 0.1) is 14.2 Å². The van der Waals surface area contributed by atoms with Gasteiger partial charge in [-0.05, 0) is 37.5 Å². The molecular formula is C14H21NO2. The lowest BCUT2D eigenvalue weighted by Crippen LogP contribution is -2.41. The zero-order valence-corrected chi connectivity index (χ0v) is 10.9. The molecule has 3 heteroatoms. The number of aryl methyl sites for hydroxylation is 1. The van der Waals surface area contributed by atoms with Crippen molar-refractivity contribution in [2.45, 2.75) is 31.6 Å². The minimum Gasteiger partial charge on any atom is -0.496 e. The summed E-state index contributed by atoms with van der Waals surface area (Å²) in [5.41, 5.74) is 8.36. The highest BCUT2D eigenvalue weighted by Crippen LogP contribution is 2.47. The van der Waals surface area contributed by atoms with Gasteiger partial charge < -0.3 is 15.2 Å². The van der Waals surface area contributed by atoms with Crippen LogP contribution in [-0.4, -0.2) is 20.8 Å². The summed E-state index contributed by atoms with van der Waals surface area (Å²) in [4.78, 5) is 0. The van der Waals surface area contributed by atoms with Crippen LogP contribution in [0.5, 0.6) is 11.5 Å². The smallest absolute Gasteiger partial charge is 0.123 e.